The highest BCUT2D eigenvalue weighted by atomic mass is 16.5. The van der Waals surface area contributed by atoms with E-state index in [4.69, 9.17) is 9.94 Å². The number of nitrogens with one attached hydrogen (secondary N) is 1. The smallest absolute Gasteiger partial charge is 0.144 e. The number of hydrogen-bond donors (Lipinski definition) is 2. The number of hydroxylamine groups is 1. The Hall–Kier alpha value is -1.55. The van der Waals surface area contributed by atoms with E-state index in [1.807, 2.05) is 30.6 Å². The summed E-state index contributed by atoms with van der Waals surface area (Å²) in [5, 5.41) is 8.32. The maximum atomic E-state index is 8.32. The summed E-state index contributed by atoms with van der Waals surface area (Å²) in [5.74, 6) is 0.678. The van der Waals surface area contributed by atoms with Gasteiger partial charge in [0.15, 0.2) is 0 Å². The monoisotopic (exact) mass is 180 g/mol. The van der Waals surface area contributed by atoms with Crippen molar-refractivity contribution in [3.8, 4) is 5.75 Å². The second kappa shape index (κ2) is 4.47. The first-order valence-corrected chi connectivity index (χ1v) is 3.84. The Morgan fingerprint density at radius 1 is 1.54 bits per heavy atom. The molecule has 0 saturated carbocycles. The van der Waals surface area contributed by atoms with Crippen LogP contribution in [0.2, 0.25) is 0 Å². The number of methoxy groups -OCH3 is 1. The minimum absolute atomic E-state index is 0.678. The van der Waals surface area contributed by atoms with E-state index in [0.29, 0.717) is 11.4 Å². The van der Waals surface area contributed by atoms with E-state index in [-0.39, 0.29) is 0 Å². The molecule has 1 aromatic rings. The predicted octanol–water partition coefficient (Wildman–Crippen LogP) is 1.64. The van der Waals surface area contributed by atoms with Crippen molar-refractivity contribution in [2.45, 2.75) is 6.92 Å². The molecule has 0 aliphatic heterocycles. The standard InChI is InChI=1S/C9H12N2O2/c1-7-3-4-9(13-2)8(5-7)10-6-11-12/h3-6,12H,1-2H3,(H,10,11). The lowest BCUT2D eigenvalue weighted by Gasteiger charge is -2.04. The molecule has 0 aliphatic carbocycles. The zero-order chi connectivity index (χ0) is 9.68. The molecule has 70 valence electrons. The first-order valence-electron chi connectivity index (χ1n) is 3.84. The van der Waals surface area contributed by atoms with Crippen molar-refractivity contribution in [1.82, 2.24) is 5.48 Å². The average Bonchev–Trinajstić information content (AvgIpc) is 2.15. The summed E-state index contributed by atoms with van der Waals surface area (Å²) < 4.78 is 5.07. The molecule has 0 fully saturated rings. The van der Waals surface area contributed by atoms with Crippen molar-refractivity contribution in [2.75, 3.05) is 7.11 Å². The van der Waals surface area contributed by atoms with Gasteiger partial charge in [-0.15, -0.1) is 0 Å². The zero-order valence-corrected chi connectivity index (χ0v) is 7.61. The highest BCUT2D eigenvalue weighted by Gasteiger charge is 1.99. The third-order valence-corrected chi connectivity index (χ3v) is 1.60. The van der Waals surface area contributed by atoms with Crippen molar-refractivity contribution >= 4 is 12.0 Å². The SMILES string of the molecule is COc1ccc(C)cc1N=CNO. The summed E-state index contributed by atoms with van der Waals surface area (Å²) in [5.41, 5.74) is 3.61. The highest BCUT2D eigenvalue weighted by molar-refractivity contribution is 5.64. The molecule has 2 N–H and O–H groups in total. The molecule has 0 aromatic heterocycles. The fraction of sp³-hybridized carbons (Fsp3) is 0.222. The van der Waals surface area contributed by atoms with Crippen LogP contribution in [0.3, 0.4) is 0 Å². The molecule has 0 saturated heterocycles. The van der Waals surface area contributed by atoms with E-state index in [1.165, 1.54) is 6.34 Å². The molecule has 0 heterocycles. The molecule has 4 nitrogen and oxygen atoms in total. The predicted molar refractivity (Wildman–Crippen MR) is 50.8 cm³/mol. The summed E-state index contributed by atoms with van der Waals surface area (Å²) in [6.07, 6.45) is 1.19. The molecule has 1 rings (SSSR count). The number of benzene rings is 1. The molecular formula is C9H12N2O2. The van der Waals surface area contributed by atoms with Gasteiger partial charge in [-0.2, -0.15) is 0 Å². The summed E-state index contributed by atoms with van der Waals surface area (Å²) in [7, 11) is 1.58. The van der Waals surface area contributed by atoms with Crippen LogP contribution in [0.4, 0.5) is 5.69 Å². The fourth-order valence-corrected chi connectivity index (χ4v) is 0.999. The summed E-state index contributed by atoms with van der Waals surface area (Å²) in [4.78, 5) is 3.95. The highest BCUT2D eigenvalue weighted by Crippen LogP contribution is 2.27. The Balaban J connectivity index is 3.01. The topological polar surface area (TPSA) is 53.8 Å². The summed E-state index contributed by atoms with van der Waals surface area (Å²) >= 11 is 0. The number of aliphatic imine (C=N–C) groups is 1. The minimum atomic E-state index is 0.678. The van der Waals surface area contributed by atoms with Gasteiger partial charge in [0.1, 0.15) is 17.8 Å². The third-order valence-electron chi connectivity index (χ3n) is 1.60. The van der Waals surface area contributed by atoms with Crippen LogP contribution < -0.4 is 10.2 Å². The third kappa shape index (κ3) is 2.45. The number of ether oxygens (including phenoxy) is 1. The number of aryl methyl sites for hydroxylation is 1. The van der Waals surface area contributed by atoms with Gasteiger partial charge in [0.05, 0.1) is 7.11 Å². The Morgan fingerprint density at radius 3 is 2.92 bits per heavy atom. The molecular weight excluding hydrogens is 168 g/mol. The first kappa shape index (κ1) is 9.54. The Kier molecular flexibility index (Phi) is 3.28. The lowest BCUT2D eigenvalue weighted by Crippen LogP contribution is -2.01. The van der Waals surface area contributed by atoms with Gasteiger partial charge in [0, 0.05) is 0 Å². The number of rotatable bonds is 3. The largest absolute Gasteiger partial charge is 0.494 e. The van der Waals surface area contributed by atoms with E-state index < -0.39 is 0 Å². The second-order valence-electron chi connectivity index (χ2n) is 2.56. The van der Waals surface area contributed by atoms with Gasteiger partial charge in [-0.25, -0.2) is 4.99 Å². The molecule has 0 unspecified atom stereocenters. The van der Waals surface area contributed by atoms with E-state index in [9.17, 15) is 0 Å². The number of nitrogens with zero attached hydrogens (tertiary/aromatic N) is 1. The number of hydrogen-bond acceptors (Lipinski definition) is 3. The lowest BCUT2D eigenvalue weighted by molar-refractivity contribution is 0.240. The zero-order valence-electron chi connectivity index (χ0n) is 7.61. The first-order chi connectivity index (χ1) is 6.27. The molecule has 0 amide bonds. The summed E-state index contributed by atoms with van der Waals surface area (Å²) in [6, 6.07) is 5.64. The quantitative estimate of drug-likeness (QED) is 0.422. The van der Waals surface area contributed by atoms with E-state index in [2.05, 4.69) is 4.99 Å². The Labute approximate surface area is 76.8 Å². The van der Waals surface area contributed by atoms with Crippen molar-refractivity contribution in [3.63, 3.8) is 0 Å². The van der Waals surface area contributed by atoms with E-state index in [1.54, 1.807) is 7.11 Å². The van der Waals surface area contributed by atoms with Crippen LogP contribution in [0.5, 0.6) is 5.75 Å². The van der Waals surface area contributed by atoms with Gasteiger partial charge in [0.25, 0.3) is 0 Å². The second-order valence-corrected chi connectivity index (χ2v) is 2.56. The van der Waals surface area contributed by atoms with E-state index >= 15 is 0 Å². The molecule has 0 spiro atoms. The molecule has 13 heavy (non-hydrogen) atoms. The fourth-order valence-electron chi connectivity index (χ4n) is 0.999. The molecule has 1 aromatic carbocycles. The Morgan fingerprint density at radius 2 is 2.31 bits per heavy atom. The molecule has 4 heteroatoms. The van der Waals surface area contributed by atoms with Crippen LogP contribution in [0.25, 0.3) is 0 Å². The van der Waals surface area contributed by atoms with E-state index in [0.717, 1.165) is 5.56 Å². The van der Waals surface area contributed by atoms with Crippen molar-refractivity contribution < 1.29 is 9.94 Å². The van der Waals surface area contributed by atoms with Gasteiger partial charge in [-0.3, -0.25) is 10.7 Å². The molecule has 0 radical (unpaired) electrons. The van der Waals surface area contributed by atoms with Crippen LogP contribution in [0.15, 0.2) is 23.2 Å². The van der Waals surface area contributed by atoms with Gasteiger partial charge in [-0.1, -0.05) is 6.07 Å². The maximum absolute atomic E-state index is 8.32. The minimum Gasteiger partial charge on any atom is -0.494 e. The summed E-state index contributed by atoms with van der Waals surface area (Å²) in [6.45, 7) is 1.96. The van der Waals surface area contributed by atoms with Crippen molar-refractivity contribution in [1.29, 1.82) is 0 Å². The van der Waals surface area contributed by atoms with Crippen LogP contribution in [0, 0.1) is 6.92 Å². The van der Waals surface area contributed by atoms with Gasteiger partial charge < -0.3 is 4.74 Å². The molecule has 0 bridgehead atoms. The molecule has 0 atom stereocenters. The Bertz CT molecular complexity index is 310. The van der Waals surface area contributed by atoms with Crippen molar-refractivity contribution in [2.24, 2.45) is 4.99 Å². The van der Waals surface area contributed by atoms with Crippen LogP contribution in [0.1, 0.15) is 5.56 Å². The van der Waals surface area contributed by atoms with Crippen LogP contribution in [-0.4, -0.2) is 18.7 Å². The van der Waals surface area contributed by atoms with Crippen LogP contribution in [-0.2, 0) is 0 Å². The average molecular weight is 180 g/mol. The maximum Gasteiger partial charge on any atom is 0.144 e. The van der Waals surface area contributed by atoms with Gasteiger partial charge >= 0.3 is 0 Å². The van der Waals surface area contributed by atoms with Gasteiger partial charge in [0.2, 0.25) is 0 Å². The van der Waals surface area contributed by atoms with Gasteiger partial charge in [-0.05, 0) is 24.6 Å². The molecule has 0 aliphatic rings. The lowest BCUT2D eigenvalue weighted by atomic mass is 10.2. The normalized spacial score (nSPS) is 10.4. The van der Waals surface area contributed by atoms with Crippen molar-refractivity contribution in [3.05, 3.63) is 23.8 Å². The van der Waals surface area contributed by atoms with Crippen LogP contribution >= 0.6 is 0 Å².